The Bertz CT molecular complexity index is 1260. The normalized spacial score (nSPS) is 21.0. The Morgan fingerprint density at radius 2 is 1.64 bits per heavy atom. The molecule has 9 heteroatoms. The topological polar surface area (TPSA) is 104 Å². The first-order valence-electron chi connectivity index (χ1n) is 15.8. The van der Waals surface area contributed by atoms with Crippen LogP contribution in [0.2, 0.25) is 0 Å². The lowest BCUT2D eigenvalue weighted by molar-refractivity contribution is -0.134. The summed E-state index contributed by atoms with van der Waals surface area (Å²) in [6, 6.07) is 7.61. The molecule has 1 aromatic heterocycles. The van der Waals surface area contributed by atoms with Crippen LogP contribution in [0.4, 0.5) is 0 Å². The number of hydrogen-bond acceptors (Lipinski definition) is 6. The fourth-order valence-electron chi connectivity index (χ4n) is 6.51. The standard InChI is InChI=1S/C33H46N4O5/c1-24-9-10-27-28(21-24)41-20-8-15-35-32(40)33(11-4-5-14-34-30(27)38)12-18-37(19-13-33)31(39)29-25(2)22-26(42-29)23-36-16-6-3-7-17-36/h9-10,21-22H,3-8,11-20,23H2,1-2H3,(H,34,38)(H,35,40). The number of ether oxygens (including phenoxy) is 1. The predicted molar refractivity (Wildman–Crippen MR) is 161 cm³/mol. The van der Waals surface area contributed by atoms with Gasteiger partial charge < -0.3 is 24.7 Å². The van der Waals surface area contributed by atoms with Gasteiger partial charge >= 0.3 is 0 Å². The summed E-state index contributed by atoms with van der Waals surface area (Å²) in [6.07, 6.45) is 7.88. The number of carbonyl (C=O) groups is 3. The molecular weight excluding hydrogens is 532 g/mol. The first-order valence-corrected chi connectivity index (χ1v) is 15.8. The number of piperidine rings is 2. The van der Waals surface area contributed by atoms with Crippen LogP contribution >= 0.6 is 0 Å². The van der Waals surface area contributed by atoms with Gasteiger partial charge in [0.25, 0.3) is 11.8 Å². The number of hydrogen-bond donors (Lipinski definition) is 2. The van der Waals surface area contributed by atoms with Crippen LogP contribution in [0, 0.1) is 19.3 Å². The number of amides is 3. The smallest absolute Gasteiger partial charge is 0.289 e. The van der Waals surface area contributed by atoms with Crippen molar-refractivity contribution < 1.29 is 23.5 Å². The summed E-state index contributed by atoms with van der Waals surface area (Å²) in [5.41, 5.74) is 1.91. The van der Waals surface area contributed by atoms with Gasteiger partial charge in [0, 0.05) is 31.7 Å². The molecule has 0 bridgehead atoms. The quantitative estimate of drug-likeness (QED) is 0.552. The third-order valence-electron chi connectivity index (χ3n) is 9.09. The van der Waals surface area contributed by atoms with Crippen LogP contribution in [-0.4, -0.2) is 73.4 Å². The van der Waals surface area contributed by atoms with Gasteiger partial charge in [-0.15, -0.1) is 0 Å². The minimum Gasteiger partial charge on any atom is -0.493 e. The highest BCUT2D eigenvalue weighted by Gasteiger charge is 2.42. The average Bonchev–Trinajstić information content (AvgIpc) is 3.36. The zero-order valence-corrected chi connectivity index (χ0v) is 25.3. The van der Waals surface area contributed by atoms with Gasteiger partial charge in [-0.3, -0.25) is 19.3 Å². The van der Waals surface area contributed by atoms with Gasteiger partial charge in [-0.1, -0.05) is 18.9 Å². The van der Waals surface area contributed by atoms with E-state index >= 15 is 0 Å². The number of fused-ring (bicyclic) bond motifs is 1. The van der Waals surface area contributed by atoms with E-state index in [2.05, 4.69) is 15.5 Å². The Balaban J connectivity index is 1.20. The number of carbonyl (C=O) groups excluding carboxylic acids is 3. The molecule has 3 amide bonds. The Hall–Kier alpha value is -3.33. The SMILES string of the molecule is Cc1ccc2c(c1)OCCCNC(=O)C1(CCCCNC2=O)CCN(C(=O)c2oc(CN3CCCCC3)cc2C)CC1. The van der Waals surface area contributed by atoms with Crippen LogP contribution < -0.4 is 15.4 Å². The van der Waals surface area contributed by atoms with Crippen molar-refractivity contribution in [2.45, 2.75) is 78.2 Å². The van der Waals surface area contributed by atoms with Gasteiger partial charge in [-0.2, -0.15) is 0 Å². The highest BCUT2D eigenvalue weighted by Crippen LogP contribution is 2.38. The Morgan fingerprint density at radius 1 is 0.881 bits per heavy atom. The van der Waals surface area contributed by atoms with Crippen molar-refractivity contribution in [3.05, 3.63) is 52.5 Å². The first-order chi connectivity index (χ1) is 20.3. The monoisotopic (exact) mass is 578 g/mol. The van der Waals surface area contributed by atoms with E-state index in [1.165, 1.54) is 19.3 Å². The summed E-state index contributed by atoms with van der Waals surface area (Å²) in [6.45, 7) is 9.28. The molecule has 0 radical (unpaired) electrons. The first kappa shape index (κ1) is 30.1. The second-order valence-electron chi connectivity index (χ2n) is 12.3. The third-order valence-corrected chi connectivity index (χ3v) is 9.09. The molecule has 0 saturated carbocycles. The number of nitrogens with zero attached hydrogens (tertiary/aromatic N) is 2. The maximum Gasteiger partial charge on any atom is 0.289 e. The third kappa shape index (κ3) is 7.17. The molecule has 1 spiro atoms. The van der Waals surface area contributed by atoms with Gasteiger partial charge in [-0.05, 0) is 95.6 Å². The zero-order valence-electron chi connectivity index (χ0n) is 25.3. The zero-order chi connectivity index (χ0) is 29.5. The van der Waals surface area contributed by atoms with Crippen LogP contribution in [0.15, 0.2) is 28.7 Å². The molecule has 3 aliphatic heterocycles. The van der Waals surface area contributed by atoms with Gasteiger partial charge in [0.2, 0.25) is 5.91 Å². The minimum atomic E-state index is -0.528. The molecule has 2 saturated heterocycles. The van der Waals surface area contributed by atoms with E-state index in [9.17, 15) is 14.4 Å². The Morgan fingerprint density at radius 3 is 2.43 bits per heavy atom. The predicted octanol–water partition coefficient (Wildman–Crippen LogP) is 4.60. The highest BCUT2D eigenvalue weighted by atomic mass is 16.5. The second-order valence-corrected chi connectivity index (χ2v) is 12.3. The van der Waals surface area contributed by atoms with E-state index in [4.69, 9.17) is 9.15 Å². The molecule has 2 aromatic rings. The molecule has 5 rings (SSSR count). The molecule has 2 fully saturated rings. The molecule has 1 aromatic carbocycles. The number of furan rings is 1. The maximum absolute atomic E-state index is 13.6. The van der Waals surface area contributed by atoms with E-state index in [0.717, 1.165) is 55.8 Å². The van der Waals surface area contributed by atoms with Crippen molar-refractivity contribution in [2.75, 3.05) is 45.9 Å². The fourth-order valence-corrected chi connectivity index (χ4v) is 6.51. The summed E-state index contributed by atoms with van der Waals surface area (Å²) >= 11 is 0. The summed E-state index contributed by atoms with van der Waals surface area (Å²) in [5, 5.41) is 6.17. The van der Waals surface area contributed by atoms with Crippen LogP contribution in [0.1, 0.15) is 95.6 Å². The number of likely N-dealkylation sites (tertiary alicyclic amines) is 2. The molecule has 9 nitrogen and oxygen atoms in total. The number of rotatable bonds is 3. The van der Waals surface area contributed by atoms with Crippen LogP contribution in [0.5, 0.6) is 5.75 Å². The Labute approximate surface area is 249 Å². The molecule has 42 heavy (non-hydrogen) atoms. The van der Waals surface area contributed by atoms with Gasteiger partial charge in [0.05, 0.1) is 24.1 Å². The minimum absolute atomic E-state index is 0.0581. The summed E-state index contributed by atoms with van der Waals surface area (Å²) in [7, 11) is 0. The average molecular weight is 579 g/mol. The largest absolute Gasteiger partial charge is 0.493 e. The van der Waals surface area contributed by atoms with Crippen molar-refractivity contribution in [2.24, 2.45) is 5.41 Å². The van der Waals surface area contributed by atoms with Crippen LogP contribution in [0.3, 0.4) is 0 Å². The van der Waals surface area contributed by atoms with E-state index in [1.807, 2.05) is 43.0 Å². The molecule has 2 N–H and O–H groups in total. The molecule has 0 atom stereocenters. The summed E-state index contributed by atoms with van der Waals surface area (Å²) in [4.78, 5) is 44.1. The molecule has 228 valence electrons. The highest BCUT2D eigenvalue weighted by molar-refractivity contribution is 5.97. The Kier molecular flexibility index (Phi) is 9.88. The summed E-state index contributed by atoms with van der Waals surface area (Å²) < 4.78 is 12.1. The van der Waals surface area contributed by atoms with Gasteiger partial charge in [-0.25, -0.2) is 0 Å². The summed E-state index contributed by atoms with van der Waals surface area (Å²) in [5.74, 6) is 1.69. The van der Waals surface area contributed by atoms with Gasteiger partial charge in [0.15, 0.2) is 5.76 Å². The van der Waals surface area contributed by atoms with Crippen molar-refractivity contribution in [3.63, 3.8) is 0 Å². The van der Waals surface area contributed by atoms with Crippen molar-refractivity contribution in [1.82, 2.24) is 20.4 Å². The molecule has 3 aliphatic rings. The van der Waals surface area contributed by atoms with Crippen molar-refractivity contribution >= 4 is 17.7 Å². The van der Waals surface area contributed by atoms with Crippen LogP contribution in [-0.2, 0) is 11.3 Å². The van der Waals surface area contributed by atoms with E-state index in [-0.39, 0.29) is 17.7 Å². The van der Waals surface area contributed by atoms with Crippen LogP contribution in [0.25, 0.3) is 0 Å². The maximum atomic E-state index is 13.6. The molecule has 4 heterocycles. The van der Waals surface area contributed by atoms with E-state index in [1.54, 1.807) is 0 Å². The number of benzene rings is 1. The van der Waals surface area contributed by atoms with Crippen molar-refractivity contribution in [3.8, 4) is 5.75 Å². The molecular formula is C33H46N4O5. The molecule has 0 aliphatic carbocycles. The fraction of sp³-hybridized carbons (Fsp3) is 0.606. The number of aryl methyl sites for hydroxylation is 2. The van der Waals surface area contributed by atoms with Crippen molar-refractivity contribution in [1.29, 1.82) is 0 Å². The lowest BCUT2D eigenvalue weighted by Crippen LogP contribution is -2.50. The molecule has 0 unspecified atom stereocenters. The lowest BCUT2D eigenvalue weighted by atomic mass is 9.73. The van der Waals surface area contributed by atoms with E-state index in [0.29, 0.717) is 69.1 Å². The number of nitrogens with one attached hydrogen (secondary N) is 2. The van der Waals surface area contributed by atoms with E-state index < -0.39 is 5.41 Å². The second kappa shape index (κ2) is 13.8. The lowest BCUT2D eigenvalue weighted by Gasteiger charge is -2.40. The van der Waals surface area contributed by atoms with Gasteiger partial charge in [0.1, 0.15) is 11.5 Å².